The summed E-state index contributed by atoms with van der Waals surface area (Å²) in [6.07, 6.45) is 12.1. The van der Waals surface area contributed by atoms with Gasteiger partial charge < -0.3 is 5.32 Å². The van der Waals surface area contributed by atoms with Crippen molar-refractivity contribution in [3.8, 4) is 0 Å². The van der Waals surface area contributed by atoms with Crippen LogP contribution in [-0.4, -0.2) is 34.8 Å². The van der Waals surface area contributed by atoms with Crippen molar-refractivity contribution < 1.29 is 9.59 Å². The molecule has 1 atom stereocenters. The summed E-state index contributed by atoms with van der Waals surface area (Å²) in [6.45, 7) is 0. The highest BCUT2D eigenvalue weighted by atomic mass is 16.2. The fraction of sp³-hybridized carbons (Fsp3) is 0.875. The summed E-state index contributed by atoms with van der Waals surface area (Å²) in [5, 5.41) is 3.46. The lowest BCUT2D eigenvalue weighted by Gasteiger charge is -2.30. The maximum atomic E-state index is 12.5. The van der Waals surface area contributed by atoms with E-state index in [1.807, 2.05) is 0 Å². The van der Waals surface area contributed by atoms with Crippen LogP contribution in [0.4, 0.5) is 0 Å². The van der Waals surface area contributed by atoms with Gasteiger partial charge in [0.25, 0.3) is 0 Å². The number of carbonyl (C=O) groups is 2. The van der Waals surface area contributed by atoms with Gasteiger partial charge >= 0.3 is 0 Å². The Labute approximate surface area is 121 Å². The molecule has 2 amide bonds. The van der Waals surface area contributed by atoms with E-state index in [4.69, 9.17) is 0 Å². The molecule has 2 saturated carbocycles. The SMILES string of the molecule is O=C1C[C@H](NC2CCCCC2)C(=O)N1C1CCCCC1. The molecule has 3 fully saturated rings. The number of nitrogens with zero attached hydrogens (tertiary/aromatic N) is 1. The molecule has 0 radical (unpaired) electrons. The fourth-order valence-electron chi connectivity index (χ4n) is 4.06. The minimum atomic E-state index is -0.243. The molecular formula is C16H26N2O2. The second-order valence-corrected chi connectivity index (χ2v) is 6.65. The van der Waals surface area contributed by atoms with Crippen molar-refractivity contribution in [2.45, 2.75) is 88.8 Å². The zero-order chi connectivity index (χ0) is 13.9. The molecule has 1 saturated heterocycles. The van der Waals surface area contributed by atoms with Crippen LogP contribution in [0.3, 0.4) is 0 Å². The van der Waals surface area contributed by atoms with E-state index in [1.54, 1.807) is 4.90 Å². The lowest BCUT2D eigenvalue weighted by molar-refractivity contribution is -0.142. The molecule has 1 heterocycles. The highest BCUT2D eigenvalue weighted by molar-refractivity contribution is 6.05. The van der Waals surface area contributed by atoms with Gasteiger partial charge in [0.2, 0.25) is 11.8 Å². The second kappa shape index (κ2) is 6.25. The zero-order valence-corrected chi connectivity index (χ0v) is 12.3. The number of likely N-dealkylation sites (tertiary alicyclic amines) is 1. The largest absolute Gasteiger partial charge is 0.303 e. The van der Waals surface area contributed by atoms with Crippen molar-refractivity contribution in [2.75, 3.05) is 0 Å². The first-order chi connectivity index (χ1) is 9.75. The Kier molecular flexibility index (Phi) is 4.39. The molecule has 0 aromatic carbocycles. The molecule has 4 nitrogen and oxygen atoms in total. The van der Waals surface area contributed by atoms with Gasteiger partial charge in [-0.3, -0.25) is 14.5 Å². The molecule has 0 aromatic rings. The topological polar surface area (TPSA) is 49.4 Å². The van der Waals surface area contributed by atoms with E-state index in [1.165, 1.54) is 25.7 Å². The molecule has 20 heavy (non-hydrogen) atoms. The van der Waals surface area contributed by atoms with E-state index in [9.17, 15) is 9.59 Å². The monoisotopic (exact) mass is 278 g/mol. The average Bonchev–Trinajstić information content (AvgIpc) is 2.75. The molecule has 3 aliphatic rings. The molecule has 4 heteroatoms. The van der Waals surface area contributed by atoms with Crippen LogP contribution in [0.15, 0.2) is 0 Å². The Balaban J connectivity index is 1.60. The molecular weight excluding hydrogens is 252 g/mol. The lowest BCUT2D eigenvalue weighted by Crippen LogP contribution is -2.47. The van der Waals surface area contributed by atoms with Gasteiger partial charge in [0.15, 0.2) is 0 Å². The number of carbonyl (C=O) groups excluding carboxylic acids is 2. The van der Waals surface area contributed by atoms with E-state index in [0.717, 1.165) is 38.5 Å². The third kappa shape index (κ3) is 2.90. The molecule has 2 aliphatic carbocycles. The summed E-state index contributed by atoms with van der Waals surface area (Å²) < 4.78 is 0. The van der Waals surface area contributed by atoms with Crippen LogP contribution in [0.25, 0.3) is 0 Å². The van der Waals surface area contributed by atoms with Gasteiger partial charge in [-0.25, -0.2) is 0 Å². The van der Waals surface area contributed by atoms with Crippen molar-refractivity contribution in [3.05, 3.63) is 0 Å². The van der Waals surface area contributed by atoms with Gasteiger partial charge in [0, 0.05) is 12.1 Å². The normalized spacial score (nSPS) is 30.2. The van der Waals surface area contributed by atoms with Crippen molar-refractivity contribution in [3.63, 3.8) is 0 Å². The summed E-state index contributed by atoms with van der Waals surface area (Å²) in [5.74, 6) is 0.0997. The van der Waals surface area contributed by atoms with E-state index in [2.05, 4.69) is 5.32 Å². The first-order valence-corrected chi connectivity index (χ1v) is 8.37. The second-order valence-electron chi connectivity index (χ2n) is 6.65. The van der Waals surface area contributed by atoms with Crippen LogP contribution in [0.1, 0.15) is 70.6 Å². The summed E-state index contributed by atoms with van der Waals surface area (Å²) in [4.78, 5) is 26.3. The van der Waals surface area contributed by atoms with Gasteiger partial charge in [0.05, 0.1) is 12.5 Å². The van der Waals surface area contributed by atoms with Gasteiger partial charge in [-0.2, -0.15) is 0 Å². The summed E-state index contributed by atoms with van der Waals surface area (Å²) >= 11 is 0. The van der Waals surface area contributed by atoms with Crippen LogP contribution in [0.2, 0.25) is 0 Å². The van der Waals surface area contributed by atoms with Crippen LogP contribution in [-0.2, 0) is 9.59 Å². The minimum Gasteiger partial charge on any atom is -0.303 e. The van der Waals surface area contributed by atoms with Gasteiger partial charge in [-0.05, 0) is 25.7 Å². The van der Waals surface area contributed by atoms with Crippen molar-refractivity contribution >= 4 is 11.8 Å². The lowest BCUT2D eigenvalue weighted by atomic mass is 9.94. The van der Waals surface area contributed by atoms with Crippen LogP contribution < -0.4 is 5.32 Å². The molecule has 1 aliphatic heterocycles. The first kappa shape index (κ1) is 14.1. The van der Waals surface area contributed by atoms with E-state index >= 15 is 0 Å². The Morgan fingerprint density at radius 1 is 0.850 bits per heavy atom. The smallest absolute Gasteiger partial charge is 0.247 e. The van der Waals surface area contributed by atoms with Crippen LogP contribution in [0, 0.1) is 0 Å². The average molecular weight is 278 g/mol. The van der Waals surface area contributed by atoms with Gasteiger partial charge in [-0.1, -0.05) is 38.5 Å². The molecule has 0 aromatic heterocycles. The summed E-state index contributed by atoms with van der Waals surface area (Å²) in [5.41, 5.74) is 0. The summed E-state index contributed by atoms with van der Waals surface area (Å²) in [6, 6.07) is 0.381. The Bertz CT molecular complexity index is 371. The summed E-state index contributed by atoms with van der Waals surface area (Å²) in [7, 11) is 0. The Hall–Kier alpha value is -0.900. The van der Waals surface area contributed by atoms with Gasteiger partial charge in [0.1, 0.15) is 0 Å². The predicted octanol–water partition coefficient (Wildman–Crippen LogP) is 2.37. The van der Waals surface area contributed by atoms with Crippen molar-refractivity contribution in [2.24, 2.45) is 0 Å². The number of hydrogen-bond donors (Lipinski definition) is 1. The maximum absolute atomic E-state index is 12.5. The highest BCUT2D eigenvalue weighted by Gasteiger charge is 2.43. The van der Waals surface area contributed by atoms with Gasteiger partial charge in [-0.15, -0.1) is 0 Å². The Morgan fingerprint density at radius 2 is 1.45 bits per heavy atom. The molecule has 0 unspecified atom stereocenters. The number of nitrogens with one attached hydrogen (secondary N) is 1. The number of imide groups is 1. The highest BCUT2D eigenvalue weighted by Crippen LogP contribution is 2.28. The molecule has 0 spiro atoms. The number of amides is 2. The van der Waals surface area contributed by atoms with E-state index in [-0.39, 0.29) is 23.9 Å². The van der Waals surface area contributed by atoms with Crippen molar-refractivity contribution in [1.29, 1.82) is 0 Å². The standard InChI is InChI=1S/C16H26N2O2/c19-15-11-14(17-12-7-3-1-4-8-12)16(20)18(15)13-9-5-2-6-10-13/h12-14,17H,1-11H2/t14-/m0/s1. The molecule has 3 rings (SSSR count). The quantitative estimate of drug-likeness (QED) is 0.806. The van der Waals surface area contributed by atoms with Crippen LogP contribution in [0.5, 0.6) is 0 Å². The van der Waals surface area contributed by atoms with E-state index in [0.29, 0.717) is 12.5 Å². The minimum absolute atomic E-state index is 0.0486. The third-order valence-corrected chi connectivity index (χ3v) is 5.16. The number of rotatable bonds is 3. The third-order valence-electron chi connectivity index (χ3n) is 5.16. The Morgan fingerprint density at radius 3 is 2.10 bits per heavy atom. The van der Waals surface area contributed by atoms with Crippen molar-refractivity contribution in [1.82, 2.24) is 10.2 Å². The molecule has 0 bridgehead atoms. The predicted molar refractivity (Wildman–Crippen MR) is 77.1 cm³/mol. The van der Waals surface area contributed by atoms with Crippen LogP contribution >= 0.6 is 0 Å². The first-order valence-electron chi connectivity index (χ1n) is 8.37. The maximum Gasteiger partial charge on any atom is 0.247 e. The zero-order valence-electron chi connectivity index (χ0n) is 12.3. The molecule has 112 valence electrons. The molecule has 1 N–H and O–H groups in total. The van der Waals surface area contributed by atoms with E-state index < -0.39 is 0 Å². The number of hydrogen-bond acceptors (Lipinski definition) is 3. The fourth-order valence-corrected chi connectivity index (χ4v) is 4.06.